The number of hydrogen-bond donors (Lipinski definition) is 3. The molecule has 30 heavy (non-hydrogen) atoms. The molecule has 0 saturated carbocycles. The Morgan fingerprint density at radius 2 is 1.60 bits per heavy atom. The third kappa shape index (κ3) is 5.97. The fourth-order valence-electron chi connectivity index (χ4n) is 2.63. The Labute approximate surface area is 168 Å². The van der Waals surface area contributed by atoms with E-state index in [0.29, 0.717) is 45.0 Å². The molecule has 1 atom stereocenters. The van der Waals surface area contributed by atoms with Crippen LogP contribution in [-0.4, -0.2) is 73.9 Å². The van der Waals surface area contributed by atoms with Crippen molar-refractivity contribution in [1.29, 1.82) is 0 Å². The van der Waals surface area contributed by atoms with Gasteiger partial charge in [0.05, 0.1) is 25.4 Å². The summed E-state index contributed by atoms with van der Waals surface area (Å²) in [6.45, 7) is 2.58. The summed E-state index contributed by atoms with van der Waals surface area (Å²) in [5, 5.41) is 13.9. The number of amides is 2. The highest BCUT2D eigenvalue weighted by molar-refractivity contribution is 5.95. The SMILES string of the molecule is O=C(C=Cc1c(F)c(F)c(F)c(F)c1F)N[C@@H](CO)C(=O)NCCN1CCOCC1. The Balaban J connectivity index is 1.92. The second-order valence-electron chi connectivity index (χ2n) is 6.31. The van der Waals surface area contributed by atoms with Crippen molar-refractivity contribution in [3.8, 4) is 0 Å². The summed E-state index contributed by atoms with van der Waals surface area (Å²) >= 11 is 0. The predicted octanol–water partition coefficient (Wildman–Crippen LogP) is 0.321. The van der Waals surface area contributed by atoms with Gasteiger partial charge in [-0.1, -0.05) is 0 Å². The number of aliphatic hydroxyl groups is 1. The second-order valence-corrected chi connectivity index (χ2v) is 6.31. The van der Waals surface area contributed by atoms with Crippen LogP contribution in [0.1, 0.15) is 5.56 Å². The molecule has 2 amide bonds. The number of halogens is 5. The first-order valence-electron chi connectivity index (χ1n) is 8.95. The number of aliphatic hydroxyl groups excluding tert-OH is 1. The van der Waals surface area contributed by atoms with Crippen LogP contribution in [0.5, 0.6) is 0 Å². The summed E-state index contributed by atoms with van der Waals surface area (Å²) in [7, 11) is 0. The minimum absolute atomic E-state index is 0.242. The van der Waals surface area contributed by atoms with Crippen molar-refractivity contribution in [2.75, 3.05) is 46.0 Å². The Kier molecular flexibility index (Phi) is 8.69. The fourth-order valence-corrected chi connectivity index (χ4v) is 2.63. The molecule has 0 spiro atoms. The molecule has 12 heteroatoms. The molecule has 0 bridgehead atoms. The quantitative estimate of drug-likeness (QED) is 0.236. The van der Waals surface area contributed by atoms with Gasteiger partial charge >= 0.3 is 0 Å². The van der Waals surface area contributed by atoms with Gasteiger partial charge in [0, 0.05) is 32.3 Å². The van der Waals surface area contributed by atoms with Crippen LogP contribution in [-0.2, 0) is 14.3 Å². The van der Waals surface area contributed by atoms with Gasteiger partial charge in [-0.2, -0.15) is 0 Å². The molecular formula is C18H20F5N3O4. The van der Waals surface area contributed by atoms with Gasteiger partial charge < -0.3 is 20.5 Å². The van der Waals surface area contributed by atoms with Crippen molar-refractivity contribution in [1.82, 2.24) is 15.5 Å². The zero-order valence-corrected chi connectivity index (χ0v) is 15.7. The van der Waals surface area contributed by atoms with Crippen LogP contribution >= 0.6 is 0 Å². The number of ether oxygens (including phenoxy) is 1. The lowest BCUT2D eigenvalue weighted by atomic mass is 10.1. The summed E-state index contributed by atoms with van der Waals surface area (Å²) < 4.78 is 71.7. The Bertz CT molecular complexity index is 786. The van der Waals surface area contributed by atoms with Crippen LogP contribution in [0.4, 0.5) is 22.0 Å². The van der Waals surface area contributed by atoms with Gasteiger partial charge in [0.15, 0.2) is 23.3 Å². The molecule has 0 aromatic heterocycles. The maximum atomic E-state index is 13.6. The smallest absolute Gasteiger partial charge is 0.245 e. The number of nitrogens with one attached hydrogen (secondary N) is 2. The molecule has 1 saturated heterocycles. The maximum absolute atomic E-state index is 13.6. The average Bonchev–Trinajstić information content (AvgIpc) is 2.75. The van der Waals surface area contributed by atoms with Gasteiger partial charge in [0.2, 0.25) is 17.6 Å². The molecule has 1 aliphatic heterocycles. The predicted molar refractivity (Wildman–Crippen MR) is 94.6 cm³/mol. The minimum Gasteiger partial charge on any atom is -0.394 e. The van der Waals surface area contributed by atoms with E-state index in [1.807, 2.05) is 4.90 Å². The van der Waals surface area contributed by atoms with Crippen LogP contribution in [0.2, 0.25) is 0 Å². The van der Waals surface area contributed by atoms with Gasteiger partial charge in [0.25, 0.3) is 0 Å². The van der Waals surface area contributed by atoms with Gasteiger partial charge in [-0.3, -0.25) is 14.5 Å². The van der Waals surface area contributed by atoms with Crippen molar-refractivity contribution in [2.45, 2.75) is 6.04 Å². The third-order valence-corrected chi connectivity index (χ3v) is 4.29. The molecule has 7 nitrogen and oxygen atoms in total. The standard InChI is InChI=1S/C18H20F5N3O4/c19-13-10(14(20)16(22)17(23)15(13)21)1-2-12(28)25-11(9-27)18(29)24-3-4-26-5-7-30-8-6-26/h1-2,11,27H,3-9H2,(H,24,29)(H,25,28)/t11-/m0/s1. The highest BCUT2D eigenvalue weighted by atomic mass is 19.2. The molecule has 1 aromatic carbocycles. The molecule has 1 aliphatic rings. The Morgan fingerprint density at radius 3 is 2.17 bits per heavy atom. The van der Waals surface area contributed by atoms with Crippen molar-refractivity contribution in [2.24, 2.45) is 0 Å². The summed E-state index contributed by atoms with van der Waals surface area (Å²) in [5.41, 5.74) is -1.31. The van der Waals surface area contributed by atoms with Crippen LogP contribution in [0.15, 0.2) is 6.08 Å². The molecule has 0 radical (unpaired) electrons. The second kappa shape index (κ2) is 11.0. The van der Waals surface area contributed by atoms with E-state index in [0.717, 1.165) is 0 Å². The summed E-state index contributed by atoms with van der Waals surface area (Å²) in [6, 6.07) is -1.37. The van der Waals surface area contributed by atoms with Crippen LogP contribution in [0, 0.1) is 29.1 Å². The number of carbonyl (C=O) groups excluding carboxylic acids is 2. The van der Waals surface area contributed by atoms with Crippen molar-refractivity contribution >= 4 is 17.9 Å². The van der Waals surface area contributed by atoms with E-state index in [4.69, 9.17) is 4.74 Å². The molecule has 166 valence electrons. The van der Waals surface area contributed by atoms with Crippen molar-refractivity contribution < 1.29 is 41.4 Å². The first kappa shape index (κ1) is 23.7. The van der Waals surface area contributed by atoms with E-state index >= 15 is 0 Å². The number of rotatable bonds is 8. The van der Waals surface area contributed by atoms with Gasteiger partial charge in [-0.15, -0.1) is 0 Å². The van der Waals surface area contributed by atoms with Crippen LogP contribution in [0.3, 0.4) is 0 Å². The van der Waals surface area contributed by atoms with Crippen molar-refractivity contribution in [3.63, 3.8) is 0 Å². The van der Waals surface area contributed by atoms with E-state index in [1.165, 1.54) is 0 Å². The summed E-state index contributed by atoms with van der Waals surface area (Å²) in [5.74, 6) is -12.6. The number of nitrogens with zero attached hydrogens (tertiary/aromatic N) is 1. The van der Waals surface area contributed by atoms with Crippen LogP contribution in [0.25, 0.3) is 6.08 Å². The lowest BCUT2D eigenvalue weighted by molar-refractivity contribution is -0.128. The first-order valence-corrected chi connectivity index (χ1v) is 8.95. The highest BCUT2D eigenvalue weighted by Crippen LogP contribution is 2.23. The monoisotopic (exact) mass is 437 g/mol. The lowest BCUT2D eigenvalue weighted by Crippen LogP contribution is -2.50. The fraction of sp³-hybridized carbons (Fsp3) is 0.444. The highest BCUT2D eigenvalue weighted by Gasteiger charge is 2.25. The zero-order valence-electron chi connectivity index (χ0n) is 15.7. The first-order chi connectivity index (χ1) is 14.3. The maximum Gasteiger partial charge on any atom is 0.245 e. The number of benzene rings is 1. The van der Waals surface area contributed by atoms with Crippen molar-refractivity contribution in [3.05, 3.63) is 40.7 Å². The van der Waals surface area contributed by atoms with E-state index in [2.05, 4.69) is 10.6 Å². The number of carbonyl (C=O) groups is 2. The zero-order chi connectivity index (χ0) is 22.3. The van der Waals surface area contributed by atoms with E-state index in [-0.39, 0.29) is 6.54 Å². The normalized spacial score (nSPS) is 15.9. The summed E-state index contributed by atoms with van der Waals surface area (Å²) in [4.78, 5) is 25.9. The minimum atomic E-state index is -2.32. The molecule has 0 aliphatic carbocycles. The summed E-state index contributed by atoms with van der Waals surface area (Å²) in [6.07, 6.45) is 0.873. The molecule has 2 rings (SSSR count). The number of morpholine rings is 1. The Hall–Kier alpha value is -2.57. The third-order valence-electron chi connectivity index (χ3n) is 4.29. The largest absolute Gasteiger partial charge is 0.394 e. The average molecular weight is 437 g/mol. The lowest BCUT2D eigenvalue weighted by Gasteiger charge is -2.26. The van der Waals surface area contributed by atoms with E-state index < -0.39 is 59.1 Å². The molecule has 1 aromatic rings. The van der Waals surface area contributed by atoms with E-state index in [9.17, 15) is 36.6 Å². The molecular weight excluding hydrogens is 417 g/mol. The van der Waals surface area contributed by atoms with Gasteiger partial charge in [-0.05, 0) is 6.08 Å². The van der Waals surface area contributed by atoms with Gasteiger partial charge in [-0.25, -0.2) is 22.0 Å². The molecule has 0 unspecified atom stereocenters. The number of hydrogen-bond acceptors (Lipinski definition) is 5. The van der Waals surface area contributed by atoms with Gasteiger partial charge in [0.1, 0.15) is 6.04 Å². The van der Waals surface area contributed by atoms with Crippen LogP contribution < -0.4 is 10.6 Å². The Morgan fingerprint density at radius 1 is 1.03 bits per heavy atom. The molecule has 1 heterocycles. The molecule has 3 N–H and O–H groups in total. The molecule has 1 fully saturated rings. The van der Waals surface area contributed by atoms with E-state index in [1.54, 1.807) is 0 Å². The topological polar surface area (TPSA) is 90.9 Å².